The summed E-state index contributed by atoms with van der Waals surface area (Å²) in [6, 6.07) is 15.6. The number of nitro benzene ring substituents is 1. The first-order chi connectivity index (χ1) is 10.2. The molecule has 0 amide bonds. The van der Waals surface area contributed by atoms with E-state index in [-0.39, 0.29) is 12.3 Å². The predicted molar refractivity (Wildman–Crippen MR) is 79.8 cm³/mol. The van der Waals surface area contributed by atoms with Crippen LogP contribution in [0.4, 0.5) is 5.69 Å². The van der Waals surface area contributed by atoms with Gasteiger partial charge in [0.15, 0.2) is 0 Å². The molecule has 0 spiro atoms. The maximum absolute atomic E-state index is 11.1. The van der Waals surface area contributed by atoms with E-state index in [1.807, 2.05) is 24.3 Å². The number of benzene rings is 2. The third-order valence-corrected chi connectivity index (χ3v) is 3.35. The number of aromatic nitrogens is 1. The predicted octanol–water partition coefficient (Wildman–Crippen LogP) is 3.30. The number of aliphatic hydroxyl groups is 1. The number of hydrogen-bond acceptors (Lipinski definition) is 4. The van der Waals surface area contributed by atoms with E-state index in [2.05, 4.69) is 4.98 Å². The minimum Gasteiger partial charge on any atom is -0.392 e. The van der Waals surface area contributed by atoms with Gasteiger partial charge in [0.05, 0.1) is 28.3 Å². The number of pyridine rings is 1. The summed E-state index contributed by atoms with van der Waals surface area (Å²) in [4.78, 5) is 15.2. The average Bonchev–Trinajstić information content (AvgIpc) is 2.53. The highest BCUT2D eigenvalue weighted by atomic mass is 16.6. The molecule has 1 N–H and O–H groups in total. The van der Waals surface area contributed by atoms with E-state index < -0.39 is 4.92 Å². The Hall–Kier alpha value is -2.79. The molecule has 5 heteroatoms. The van der Waals surface area contributed by atoms with Crippen LogP contribution in [0.15, 0.2) is 54.6 Å². The lowest BCUT2D eigenvalue weighted by Gasteiger charge is -2.08. The molecule has 0 aliphatic rings. The molecule has 0 fully saturated rings. The number of para-hydroxylation sites is 2. The van der Waals surface area contributed by atoms with Crippen molar-refractivity contribution in [2.75, 3.05) is 0 Å². The Kier molecular flexibility index (Phi) is 3.33. The summed E-state index contributed by atoms with van der Waals surface area (Å²) in [5.41, 5.74) is 2.35. The highest BCUT2D eigenvalue weighted by Crippen LogP contribution is 2.31. The molecule has 0 saturated carbocycles. The molecule has 0 aliphatic heterocycles. The Morgan fingerprint density at radius 1 is 1.10 bits per heavy atom. The first-order valence-corrected chi connectivity index (χ1v) is 6.44. The lowest BCUT2D eigenvalue weighted by Crippen LogP contribution is -1.96. The smallest absolute Gasteiger partial charge is 0.278 e. The van der Waals surface area contributed by atoms with Crippen molar-refractivity contribution in [3.05, 3.63) is 70.3 Å². The fraction of sp³-hybridized carbons (Fsp3) is 0.0625. The normalized spacial score (nSPS) is 10.7. The standard InChI is InChI=1S/C16H12N2O3/c19-10-11-9-15(17-14-7-3-1-5-12(11)14)13-6-2-4-8-16(13)18(20)21/h1-9,19H,10H2. The van der Waals surface area contributed by atoms with Crippen LogP contribution in [0.5, 0.6) is 0 Å². The number of nitro groups is 1. The van der Waals surface area contributed by atoms with E-state index in [4.69, 9.17) is 0 Å². The molecule has 0 saturated heterocycles. The van der Waals surface area contributed by atoms with Crippen LogP contribution in [-0.2, 0) is 6.61 Å². The number of nitrogens with zero attached hydrogens (tertiary/aromatic N) is 2. The maximum Gasteiger partial charge on any atom is 0.278 e. The van der Waals surface area contributed by atoms with E-state index in [0.29, 0.717) is 22.3 Å². The zero-order valence-corrected chi connectivity index (χ0v) is 11.1. The maximum atomic E-state index is 11.1. The molecular formula is C16H12N2O3. The Balaban J connectivity index is 2.29. The van der Waals surface area contributed by atoms with Crippen molar-refractivity contribution in [2.24, 2.45) is 0 Å². The van der Waals surface area contributed by atoms with Crippen molar-refractivity contribution in [3.8, 4) is 11.3 Å². The second kappa shape index (κ2) is 5.30. The van der Waals surface area contributed by atoms with Crippen LogP contribution in [0.2, 0.25) is 0 Å². The Morgan fingerprint density at radius 2 is 1.81 bits per heavy atom. The van der Waals surface area contributed by atoms with Gasteiger partial charge in [0.1, 0.15) is 0 Å². The summed E-state index contributed by atoms with van der Waals surface area (Å²) in [5, 5.41) is 21.5. The topological polar surface area (TPSA) is 76.3 Å². The largest absolute Gasteiger partial charge is 0.392 e. The summed E-state index contributed by atoms with van der Waals surface area (Å²) in [6.45, 7) is -0.142. The molecule has 1 heterocycles. The van der Waals surface area contributed by atoms with Crippen LogP contribution in [0, 0.1) is 10.1 Å². The fourth-order valence-corrected chi connectivity index (χ4v) is 2.37. The summed E-state index contributed by atoms with van der Waals surface area (Å²) < 4.78 is 0. The van der Waals surface area contributed by atoms with Gasteiger partial charge in [-0.3, -0.25) is 10.1 Å². The van der Waals surface area contributed by atoms with Crippen molar-refractivity contribution >= 4 is 16.6 Å². The van der Waals surface area contributed by atoms with Gasteiger partial charge in [0, 0.05) is 11.5 Å². The zero-order valence-electron chi connectivity index (χ0n) is 11.1. The van der Waals surface area contributed by atoms with E-state index in [1.165, 1.54) is 6.07 Å². The van der Waals surface area contributed by atoms with Gasteiger partial charge in [0.2, 0.25) is 0 Å². The van der Waals surface area contributed by atoms with Crippen molar-refractivity contribution in [3.63, 3.8) is 0 Å². The lowest BCUT2D eigenvalue weighted by molar-refractivity contribution is -0.384. The highest BCUT2D eigenvalue weighted by Gasteiger charge is 2.16. The summed E-state index contributed by atoms with van der Waals surface area (Å²) in [6.07, 6.45) is 0. The van der Waals surface area contributed by atoms with E-state index >= 15 is 0 Å². The minimum absolute atomic E-state index is 0.00386. The van der Waals surface area contributed by atoms with Crippen molar-refractivity contribution in [2.45, 2.75) is 6.61 Å². The van der Waals surface area contributed by atoms with Gasteiger partial charge in [-0.15, -0.1) is 0 Å². The SMILES string of the molecule is O=[N+]([O-])c1ccccc1-c1cc(CO)c2ccccc2n1. The van der Waals surface area contributed by atoms with Gasteiger partial charge in [-0.1, -0.05) is 30.3 Å². The minimum atomic E-state index is -0.426. The van der Waals surface area contributed by atoms with Gasteiger partial charge >= 0.3 is 0 Å². The molecule has 0 bridgehead atoms. The van der Waals surface area contributed by atoms with Crippen LogP contribution >= 0.6 is 0 Å². The lowest BCUT2D eigenvalue weighted by atomic mass is 10.0. The number of hydrogen-bond donors (Lipinski definition) is 1. The van der Waals surface area contributed by atoms with Crippen molar-refractivity contribution in [1.82, 2.24) is 4.98 Å². The average molecular weight is 280 g/mol. The first-order valence-electron chi connectivity index (χ1n) is 6.44. The van der Waals surface area contributed by atoms with E-state index in [1.54, 1.807) is 24.3 Å². The Labute approximate surface area is 120 Å². The molecule has 1 aromatic heterocycles. The molecule has 2 aromatic carbocycles. The number of rotatable bonds is 3. The zero-order chi connectivity index (χ0) is 14.8. The van der Waals surface area contributed by atoms with Gasteiger partial charge in [-0.05, 0) is 23.8 Å². The molecule has 0 atom stereocenters. The van der Waals surface area contributed by atoms with Crippen molar-refractivity contribution in [1.29, 1.82) is 0 Å². The fourth-order valence-electron chi connectivity index (χ4n) is 2.37. The van der Waals surface area contributed by atoms with Crippen LogP contribution in [0.1, 0.15) is 5.56 Å². The monoisotopic (exact) mass is 280 g/mol. The van der Waals surface area contributed by atoms with Crippen LogP contribution < -0.4 is 0 Å². The van der Waals surface area contributed by atoms with Crippen molar-refractivity contribution < 1.29 is 10.0 Å². The molecule has 21 heavy (non-hydrogen) atoms. The molecule has 0 aliphatic carbocycles. The molecule has 104 valence electrons. The third-order valence-electron chi connectivity index (χ3n) is 3.35. The molecule has 0 radical (unpaired) electrons. The second-order valence-electron chi connectivity index (χ2n) is 4.62. The molecule has 3 rings (SSSR count). The quantitative estimate of drug-likeness (QED) is 0.590. The van der Waals surface area contributed by atoms with Crippen LogP contribution in [0.3, 0.4) is 0 Å². The van der Waals surface area contributed by atoms with E-state index in [0.717, 1.165) is 5.39 Å². The molecular weight excluding hydrogens is 268 g/mol. The highest BCUT2D eigenvalue weighted by molar-refractivity contribution is 5.86. The van der Waals surface area contributed by atoms with Crippen LogP contribution in [-0.4, -0.2) is 15.0 Å². The van der Waals surface area contributed by atoms with Gasteiger partial charge in [-0.25, -0.2) is 4.98 Å². The second-order valence-corrected chi connectivity index (χ2v) is 4.62. The molecule has 3 aromatic rings. The third kappa shape index (κ3) is 2.34. The summed E-state index contributed by atoms with van der Waals surface area (Å²) in [5.74, 6) is 0. The summed E-state index contributed by atoms with van der Waals surface area (Å²) >= 11 is 0. The molecule has 0 unspecified atom stereocenters. The first kappa shape index (κ1) is 13.2. The Bertz CT molecular complexity index is 831. The van der Waals surface area contributed by atoms with Gasteiger partial charge in [-0.2, -0.15) is 0 Å². The van der Waals surface area contributed by atoms with Gasteiger partial charge < -0.3 is 5.11 Å². The van der Waals surface area contributed by atoms with Crippen LogP contribution in [0.25, 0.3) is 22.2 Å². The Morgan fingerprint density at radius 3 is 2.57 bits per heavy atom. The summed E-state index contributed by atoms with van der Waals surface area (Å²) in [7, 11) is 0. The van der Waals surface area contributed by atoms with E-state index in [9.17, 15) is 15.2 Å². The molecule has 5 nitrogen and oxygen atoms in total. The number of aliphatic hydroxyl groups excluding tert-OH is 1. The number of fused-ring (bicyclic) bond motifs is 1. The van der Waals surface area contributed by atoms with Gasteiger partial charge in [0.25, 0.3) is 5.69 Å².